The molecule has 2 aromatic carbocycles. The van der Waals surface area contributed by atoms with Crippen molar-refractivity contribution in [2.45, 2.75) is 6.18 Å². The number of alkyl halides is 3. The Labute approximate surface area is 142 Å². The highest BCUT2D eigenvalue weighted by Gasteiger charge is 2.31. The van der Waals surface area contributed by atoms with Gasteiger partial charge in [0.25, 0.3) is 5.91 Å². The lowest BCUT2D eigenvalue weighted by Crippen LogP contribution is -2.23. The number of nitrogens with zero attached hydrogens (tertiary/aromatic N) is 1. The van der Waals surface area contributed by atoms with Gasteiger partial charge >= 0.3 is 6.18 Å². The maximum absolute atomic E-state index is 13.4. The Kier molecular flexibility index (Phi) is 5.51. The summed E-state index contributed by atoms with van der Waals surface area (Å²) in [6.45, 7) is -0.538. The summed E-state index contributed by atoms with van der Waals surface area (Å²) >= 11 is 0. The lowest BCUT2D eigenvalue weighted by molar-refractivity contribution is -0.137. The van der Waals surface area contributed by atoms with E-state index in [2.05, 4.69) is 5.32 Å². The molecule has 0 aliphatic rings. The minimum Gasteiger partial charge on any atom is -0.481 e. The lowest BCUT2D eigenvalue weighted by atomic mass is 10.1. The van der Waals surface area contributed by atoms with Gasteiger partial charge in [-0.25, -0.2) is 4.39 Å². The normalized spacial score (nSPS) is 11.1. The van der Waals surface area contributed by atoms with Gasteiger partial charge in [-0.1, -0.05) is 12.1 Å². The smallest absolute Gasteiger partial charge is 0.416 e. The number of para-hydroxylation sites is 1. The van der Waals surface area contributed by atoms with E-state index in [1.807, 2.05) is 0 Å². The van der Waals surface area contributed by atoms with Crippen LogP contribution >= 0.6 is 0 Å². The summed E-state index contributed by atoms with van der Waals surface area (Å²) in [5.74, 6) is -1.46. The zero-order chi connectivity index (χ0) is 18.6. The van der Waals surface area contributed by atoms with Crippen molar-refractivity contribution in [3.05, 3.63) is 53.8 Å². The molecule has 8 heteroatoms. The first kappa shape index (κ1) is 18.6. The maximum Gasteiger partial charge on any atom is 0.416 e. The summed E-state index contributed by atoms with van der Waals surface area (Å²) < 4.78 is 57.1. The summed E-state index contributed by atoms with van der Waals surface area (Å²) in [5, 5.41) is 2.37. The molecule has 0 aliphatic carbocycles. The number of anilines is 2. The van der Waals surface area contributed by atoms with Crippen LogP contribution in [0.25, 0.3) is 0 Å². The number of carbonyl (C=O) groups excluding carboxylic acids is 1. The summed E-state index contributed by atoms with van der Waals surface area (Å²) in [6, 6.07) is 8.55. The standard InChI is InChI=1S/C17H16F4N2O2/c1-23(2)14-8-7-11(17(19,20)21)9-13(14)22-16(24)10-25-15-6-4-3-5-12(15)18/h3-9H,10H2,1-2H3,(H,22,24). The largest absolute Gasteiger partial charge is 0.481 e. The second-order valence-electron chi connectivity index (χ2n) is 5.39. The third-order valence-electron chi connectivity index (χ3n) is 3.28. The van der Waals surface area contributed by atoms with Gasteiger partial charge < -0.3 is 15.0 Å². The third-order valence-corrected chi connectivity index (χ3v) is 3.28. The van der Waals surface area contributed by atoms with E-state index in [-0.39, 0.29) is 11.4 Å². The van der Waals surface area contributed by atoms with Crippen molar-refractivity contribution in [2.75, 3.05) is 30.9 Å². The van der Waals surface area contributed by atoms with Crippen LogP contribution in [0.2, 0.25) is 0 Å². The number of carbonyl (C=O) groups is 1. The molecule has 0 atom stereocenters. The predicted molar refractivity (Wildman–Crippen MR) is 86.3 cm³/mol. The van der Waals surface area contributed by atoms with Crippen molar-refractivity contribution in [3.63, 3.8) is 0 Å². The van der Waals surface area contributed by atoms with Crippen molar-refractivity contribution in [3.8, 4) is 5.75 Å². The van der Waals surface area contributed by atoms with Gasteiger partial charge in [0.05, 0.1) is 16.9 Å². The maximum atomic E-state index is 13.4. The van der Waals surface area contributed by atoms with Crippen LogP contribution in [0.5, 0.6) is 5.75 Å². The molecule has 2 aromatic rings. The van der Waals surface area contributed by atoms with Gasteiger partial charge in [-0.3, -0.25) is 4.79 Å². The fraction of sp³-hybridized carbons (Fsp3) is 0.235. The van der Waals surface area contributed by atoms with Crippen molar-refractivity contribution in [1.82, 2.24) is 0 Å². The Morgan fingerprint density at radius 3 is 2.44 bits per heavy atom. The van der Waals surface area contributed by atoms with Crippen molar-refractivity contribution < 1.29 is 27.1 Å². The van der Waals surface area contributed by atoms with Crippen molar-refractivity contribution >= 4 is 17.3 Å². The molecule has 2 rings (SSSR count). The van der Waals surface area contributed by atoms with Crippen molar-refractivity contribution in [2.24, 2.45) is 0 Å². The zero-order valence-corrected chi connectivity index (χ0v) is 13.5. The van der Waals surface area contributed by atoms with Crippen molar-refractivity contribution in [1.29, 1.82) is 0 Å². The molecule has 0 aliphatic heterocycles. The van der Waals surface area contributed by atoms with E-state index in [0.29, 0.717) is 5.69 Å². The SMILES string of the molecule is CN(C)c1ccc(C(F)(F)F)cc1NC(=O)COc1ccccc1F. The first-order valence-corrected chi connectivity index (χ1v) is 7.24. The fourth-order valence-corrected chi connectivity index (χ4v) is 2.09. The summed E-state index contributed by atoms with van der Waals surface area (Å²) in [6.07, 6.45) is -4.53. The molecule has 0 aromatic heterocycles. The Morgan fingerprint density at radius 2 is 1.84 bits per heavy atom. The number of amides is 1. The first-order chi connectivity index (χ1) is 11.7. The third kappa shape index (κ3) is 4.85. The van der Waals surface area contributed by atoms with Gasteiger partial charge in [0.15, 0.2) is 18.2 Å². The van der Waals surface area contributed by atoms with E-state index in [9.17, 15) is 22.4 Å². The highest BCUT2D eigenvalue weighted by Crippen LogP contribution is 2.34. The van der Waals surface area contributed by atoms with E-state index >= 15 is 0 Å². The first-order valence-electron chi connectivity index (χ1n) is 7.24. The molecule has 0 saturated heterocycles. The molecule has 4 nitrogen and oxygen atoms in total. The lowest BCUT2D eigenvalue weighted by Gasteiger charge is -2.20. The molecule has 0 heterocycles. The van der Waals surface area contributed by atoms with Crippen LogP contribution in [0.3, 0.4) is 0 Å². The molecule has 0 bridgehead atoms. The number of nitrogens with one attached hydrogen (secondary N) is 1. The van der Waals surface area contributed by atoms with E-state index < -0.39 is 30.1 Å². The van der Waals surface area contributed by atoms with E-state index in [1.54, 1.807) is 19.0 Å². The molecule has 0 spiro atoms. The Balaban J connectivity index is 2.14. The number of hydrogen-bond acceptors (Lipinski definition) is 3. The highest BCUT2D eigenvalue weighted by molar-refractivity contribution is 5.95. The second kappa shape index (κ2) is 7.42. The molecule has 0 fully saturated rings. The second-order valence-corrected chi connectivity index (χ2v) is 5.39. The Bertz CT molecular complexity index is 761. The monoisotopic (exact) mass is 356 g/mol. The van der Waals surface area contributed by atoms with Gasteiger partial charge in [0, 0.05) is 14.1 Å². The minimum absolute atomic E-state index is 0.0121. The van der Waals surface area contributed by atoms with Crippen LogP contribution in [0.15, 0.2) is 42.5 Å². The molecule has 1 amide bonds. The van der Waals surface area contributed by atoms with Gasteiger partial charge in [0.2, 0.25) is 0 Å². The average molecular weight is 356 g/mol. The van der Waals surface area contributed by atoms with E-state index in [1.165, 1.54) is 30.3 Å². The van der Waals surface area contributed by atoms with Crippen LogP contribution in [0.4, 0.5) is 28.9 Å². The number of ether oxygens (including phenoxy) is 1. The quantitative estimate of drug-likeness (QED) is 0.826. The van der Waals surface area contributed by atoms with Crippen LogP contribution in [-0.2, 0) is 11.0 Å². The van der Waals surface area contributed by atoms with Gasteiger partial charge in [-0.05, 0) is 30.3 Å². The van der Waals surface area contributed by atoms with E-state index in [4.69, 9.17) is 4.74 Å². The van der Waals surface area contributed by atoms with Gasteiger partial charge in [0.1, 0.15) is 0 Å². The van der Waals surface area contributed by atoms with Crippen LogP contribution in [0, 0.1) is 5.82 Å². The molecular weight excluding hydrogens is 340 g/mol. The summed E-state index contributed by atoms with van der Waals surface area (Å²) in [5.41, 5.74) is -0.502. The van der Waals surface area contributed by atoms with Crippen LogP contribution < -0.4 is 15.0 Å². The topological polar surface area (TPSA) is 41.6 Å². The molecule has 134 valence electrons. The molecule has 0 radical (unpaired) electrons. The number of benzene rings is 2. The predicted octanol–water partition coefficient (Wildman–Crippen LogP) is 3.93. The summed E-state index contributed by atoms with van der Waals surface area (Å²) in [7, 11) is 3.27. The fourth-order valence-electron chi connectivity index (χ4n) is 2.09. The number of rotatable bonds is 5. The highest BCUT2D eigenvalue weighted by atomic mass is 19.4. The Hall–Kier alpha value is -2.77. The summed E-state index contributed by atoms with van der Waals surface area (Å²) in [4.78, 5) is 13.5. The van der Waals surface area contributed by atoms with Gasteiger partial charge in [-0.2, -0.15) is 13.2 Å². The zero-order valence-electron chi connectivity index (χ0n) is 13.5. The minimum atomic E-state index is -4.53. The van der Waals surface area contributed by atoms with E-state index in [0.717, 1.165) is 12.1 Å². The molecule has 0 unspecified atom stereocenters. The van der Waals surface area contributed by atoms with Crippen LogP contribution in [-0.4, -0.2) is 26.6 Å². The molecule has 25 heavy (non-hydrogen) atoms. The number of halogens is 4. The van der Waals surface area contributed by atoms with Crippen LogP contribution in [0.1, 0.15) is 5.56 Å². The molecule has 0 saturated carbocycles. The Morgan fingerprint density at radius 1 is 1.16 bits per heavy atom. The average Bonchev–Trinajstić information content (AvgIpc) is 2.53. The van der Waals surface area contributed by atoms with Gasteiger partial charge in [-0.15, -0.1) is 0 Å². The molecular formula is C17H16F4N2O2. The molecule has 1 N–H and O–H groups in total. The number of hydrogen-bond donors (Lipinski definition) is 1.